The van der Waals surface area contributed by atoms with Crippen molar-refractivity contribution in [2.45, 2.75) is 19.4 Å². The van der Waals surface area contributed by atoms with E-state index in [2.05, 4.69) is 10.9 Å². The number of terminal acetylenes is 1. The van der Waals surface area contributed by atoms with Crippen LogP contribution in [0.4, 0.5) is 0 Å². The summed E-state index contributed by atoms with van der Waals surface area (Å²) in [6, 6.07) is 1.76. The average molecular weight is 161 g/mol. The van der Waals surface area contributed by atoms with E-state index < -0.39 is 5.60 Å². The highest BCUT2D eigenvalue weighted by atomic mass is 16.3. The van der Waals surface area contributed by atoms with Gasteiger partial charge in [-0.1, -0.05) is 5.92 Å². The molecule has 0 radical (unpaired) electrons. The minimum atomic E-state index is -0.875. The molecule has 12 heavy (non-hydrogen) atoms. The molecule has 0 atom stereocenters. The third kappa shape index (κ3) is 1.84. The molecule has 0 saturated heterocycles. The SMILES string of the molecule is C#Cc1cncc(C(C)(C)O)c1. The molecule has 0 aliphatic rings. The summed E-state index contributed by atoms with van der Waals surface area (Å²) in [4.78, 5) is 3.92. The fourth-order valence-electron chi connectivity index (χ4n) is 0.853. The van der Waals surface area contributed by atoms with Crippen LogP contribution in [0.5, 0.6) is 0 Å². The molecule has 0 fully saturated rings. The first-order chi connectivity index (χ1) is 5.54. The molecule has 0 bridgehead atoms. The van der Waals surface area contributed by atoms with Gasteiger partial charge in [0, 0.05) is 23.5 Å². The summed E-state index contributed by atoms with van der Waals surface area (Å²) in [5, 5.41) is 9.60. The first-order valence-electron chi connectivity index (χ1n) is 3.68. The van der Waals surface area contributed by atoms with Crippen molar-refractivity contribution in [1.29, 1.82) is 0 Å². The highest BCUT2D eigenvalue weighted by Gasteiger charge is 2.15. The first-order valence-corrected chi connectivity index (χ1v) is 3.68. The monoisotopic (exact) mass is 161 g/mol. The van der Waals surface area contributed by atoms with E-state index in [1.165, 1.54) is 0 Å². The summed E-state index contributed by atoms with van der Waals surface area (Å²) >= 11 is 0. The topological polar surface area (TPSA) is 33.1 Å². The van der Waals surface area contributed by atoms with Crippen LogP contribution in [0.15, 0.2) is 18.5 Å². The van der Waals surface area contributed by atoms with Gasteiger partial charge in [0.05, 0.1) is 5.60 Å². The lowest BCUT2D eigenvalue weighted by atomic mass is 9.99. The predicted molar refractivity (Wildman–Crippen MR) is 47.4 cm³/mol. The largest absolute Gasteiger partial charge is 0.386 e. The Balaban J connectivity index is 3.13. The van der Waals surface area contributed by atoms with Crippen LogP contribution < -0.4 is 0 Å². The second-order valence-corrected chi connectivity index (χ2v) is 3.17. The van der Waals surface area contributed by atoms with Crippen molar-refractivity contribution in [3.63, 3.8) is 0 Å². The van der Waals surface area contributed by atoms with Crippen molar-refractivity contribution in [3.05, 3.63) is 29.6 Å². The fourth-order valence-corrected chi connectivity index (χ4v) is 0.853. The molecule has 2 nitrogen and oxygen atoms in total. The molecule has 62 valence electrons. The molecule has 1 N–H and O–H groups in total. The van der Waals surface area contributed by atoms with Crippen LogP contribution in [0.3, 0.4) is 0 Å². The molecular formula is C10H11NO. The molecule has 0 aliphatic carbocycles. The zero-order valence-electron chi connectivity index (χ0n) is 7.20. The standard InChI is InChI=1S/C10H11NO/c1-4-8-5-9(7-11-6-8)10(2,3)12/h1,5-7,12H,2-3H3. The molecule has 0 unspecified atom stereocenters. The van der Waals surface area contributed by atoms with E-state index in [0.717, 1.165) is 5.56 Å². The molecule has 0 aromatic carbocycles. The van der Waals surface area contributed by atoms with Crippen LogP contribution >= 0.6 is 0 Å². The minimum absolute atomic E-state index is 0.689. The number of pyridine rings is 1. The zero-order valence-corrected chi connectivity index (χ0v) is 7.20. The third-order valence-corrected chi connectivity index (χ3v) is 1.61. The van der Waals surface area contributed by atoms with Crippen LogP contribution in [0.1, 0.15) is 25.0 Å². The third-order valence-electron chi connectivity index (χ3n) is 1.61. The van der Waals surface area contributed by atoms with Crippen molar-refractivity contribution in [1.82, 2.24) is 4.98 Å². The van der Waals surface area contributed by atoms with E-state index >= 15 is 0 Å². The Hall–Kier alpha value is -1.33. The molecule has 1 aromatic rings. The maximum atomic E-state index is 9.60. The van der Waals surface area contributed by atoms with Crippen LogP contribution in [0.25, 0.3) is 0 Å². The van der Waals surface area contributed by atoms with Gasteiger partial charge in [0.15, 0.2) is 0 Å². The minimum Gasteiger partial charge on any atom is -0.386 e. The number of hydrogen-bond donors (Lipinski definition) is 1. The van der Waals surface area contributed by atoms with Crippen molar-refractivity contribution < 1.29 is 5.11 Å². The van der Waals surface area contributed by atoms with E-state index in [9.17, 15) is 5.11 Å². The summed E-state index contributed by atoms with van der Waals surface area (Å²) in [6.07, 6.45) is 8.39. The number of aromatic nitrogens is 1. The Kier molecular flexibility index (Phi) is 2.16. The maximum absolute atomic E-state index is 9.60. The number of rotatable bonds is 1. The Morgan fingerprint density at radius 1 is 1.50 bits per heavy atom. The molecule has 2 heteroatoms. The molecule has 0 amide bonds. The summed E-state index contributed by atoms with van der Waals surface area (Å²) < 4.78 is 0. The lowest BCUT2D eigenvalue weighted by molar-refractivity contribution is 0.0782. The second-order valence-electron chi connectivity index (χ2n) is 3.17. The van der Waals surface area contributed by atoms with Crippen molar-refractivity contribution in [3.8, 4) is 12.3 Å². The number of nitrogens with zero attached hydrogens (tertiary/aromatic N) is 1. The first kappa shape index (κ1) is 8.76. The molecular weight excluding hydrogens is 150 g/mol. The van der Waals surface area contributed by atoms with E-state index in [-0.39, 0.29) is 0 Å². The predicted octanol–water partition coefficient (Wildman–Crippen LogP) is 1.29. The fraction of sp³-hybridized carbons (Fsp3) is 0.300. The van der Waals surface area contributed by atoms with Gasteiger partial charge in [-0.2, -0.15) is 0 Å². The van der Waals surface area contributed by atoms with Gasteiger partial charge in [-0.25, -0.2) is 0 Å². The summed E-state index contributed by atoms with van der Waals surface area (Å²) in [5.41, 5.74) is 0.549. The van der Waals surface area contributed by atoms with Crippen LogP contribution in [-0.4, -0.2) is 10.1 Å². The molecule has 1 rings (SSSR count). The van der Waals surface area contributed by atoms with Crippen molar-refractivity contribution in [2.24, 2.45) is 0 Å². The second kappa shape index (κ2) is 2.96. The van der Waals surface area contributed by atoms with E-state index in [1.54, 1.807) is 32.3 Å². The lowest BCUT2D eigenvalue weighted by Gasteiger charge is -2.16. The van der Waals surface area contributed by atoms with Gasteiger partial charge in [-0.3, -0.25) is 4.98 Å². The Bertz CT molecular complexity index is 317. The van der Waals surface area contributed by atoms with Gasteiger partial charge in [0.25, 0.3) is 0 Å². The molecule has 0 spiro atoms. The van der Waals surface area contributed by atoms with Gasteiger partial charge in [0.1, 0.15) is 0 Å². The summed E-state index contributed by atoms with van der Waals surface area (Å²) in [5.74, 6) is 2.47. The van der Waals surface area contributed by atoms with Gasteiger partial charge >= 0.3 is 0 Å². The van der Waals surface area contributed by atoms with Crippen molar-refractivity contribution >= 4 is 0 Å². The molecule has 0 saturated carbocycles. The van der Waals surface area contributed by atoms with Crippen LogP contribution in [0, 0.1) is 12.3 Å². The number of hydrogen-bond acceptors (Lipinski definition) is 2. The number of aliphatic hydroxyl groups is 1. The highest BCUT2D eigenvalue weighted by Crippen LogP contribution is 2.18. The maximum Gasteiger partial charge on any atom is 0.0855 e. The lowest BCUT2D eigenvalue weighted by Crippen LogP contribution is -2.15. The van der Waals surface area contributed by atoms with Gasteiger partial charge in [0.2, 0.25) is 0 Å². The molecule has 1 heterocycles. The molecule has 1 aromatic heterocycles. The highest BCUT2D eigenvalue weighted by molar-refractivity contribution is 5.33. The van der Waals surface area contributed by atoms with E-state index in [4.69, 9.17) is 6.42 Å². The summed E-state index contributed by atoms with van der Waals surface area (Å²) in [7, 11) is 0. The average Bonchev–Trinajstić information content (AvgIpc) is 2.03. The van der Waals surface area contributed by atoms with E-state index in [0.29, 0.717) is 5.56 Å². The Labute approximate surface area is 72.3 Å². The molecule has 0 aliphatic heterocycles. The normalized spacial score (nSPS) is 10.8. The van der Waals surface area contributed by atoms with Crippen LogP contribution in [-0.2, 0) is 5.60 Å². The quantitative estimate of drug-likeness (QED) is 0.629. The van der Waals surface area contributed by atoms with Gasteiger partial charge in [-0.05, 0) is 19.9 Å². The Morgan fingerprint density at radius 2 is 2.17 bits per heavy atom. The van der Waals surface area contributed by atoms with Gasteiger partial charge < -0.3 is 5.11 Å². The summed E-state index contributed by atoms with van der Waals surface area (Å²) in [6.45, 7) is 3.40. The van der Waals surface area contributed by atoms with Crippen LogP contribution in [0.2, 0.25) is 0 Å². The van der Waals surface area contributed by atoms with Crippen molar-refractivity contribution in [2.75, 3.05) is 0 Å². The Morgan fingerprint density at radius 3 is 2.67 bits per heavy atom. The van der Waals surface area contributed by atoms with Gasteiger partial charge in [-0.15, -0.1) is 6.42 Å². The van der Waals surface area contributed by atoms with E-state index in [1.807, 2.05) is 0 Å². The smallest absolute Gasteiger partial charge is 0.0855 e. The zero-order chi connectivity index (χ0) is 9.19.